The molecule has 1 fully saturated rings. The van der Waals surface area contributed by atoms with Crippen molar-refractivity contribution in [2.45, 2.75) is 32.7 Å². The summed E-state index contributed by atoms with van der Waals surface area (Å²) in [5, 5.41) is 6.95. The molecule has 1 amide bonds. The third-order valence-corrected chi connectivity index (χ3v) is 6.27. The Morgan fingerprint density at radius 3 is 2.89 bits per heavy atom. The van der Waals surface area contributed by atoms with Crippen LogP contribution in [0.3, 0.4) is 0 Å². The molecule has 0 radical (unpaired) electrons. The van der Waals surface area contributed by atoms with Gasteiger partial charge in [0.1, 0.15) is 5.82 Å². The van der Waals surface area contributed by atoms with Gasteiger partial charge in [-0.1, -0.05) is 6.92 Å². The molecule has 7 heteroatoms. The van der Waals surface area contributed by atoms with Crippen LogP contribution in [0.1, 0.15) is 30.5 Å². The second-order valence-electron chi connectivity index (χ2n) is 7.06. The van der Waals surface area contributed by atoms with Crippen LogP contribution in [0.25, 0.3) is 10.9 Å². The third-order valence-electron chi connectivity index (χ3n) is 5.23. The van der Waals surface area contributed by atoms with E-state index in [-0.39, 0.29) is 17.6 Å². The summed E-state index contributed by atoms with van der Waals surface area (Å²) >= 11 is 1.64. The second kappa shape index (κ2) is 8.22. The maximum Gasteiger partial charge on any atom is 0.223 e. The van der Waals surface area contributed by atoms with Crippen molar-refractivity contribution in [2.75, 3.05) is 18.0 Å². The van der Waals surface area contributed by atoms with E-state index >= 15 is 0 Å². The van der Waals surface area contributed by atoms with Crippen LogP contribution in [0.15, 0.2) is 35.8 Å². The first-order valence-corrected chi connectivity index (χ1v) is 10.5. The Kier molecular flexibility index (Phi) is 5.52. The molecule has 2 aromatic heterocycles. The number of hydrogen-bond donors (Lipinski definition) is 1. The lowest BCUT2D eigenvalue weighted by molar-refractivity contribution is -0.125. The highest BCUT2D eigenvalue weighted by atomic mass is 32.1. The average Bonchev–Trinajstić information content (AvgIpc) is 3.20. The monoisotopic (exact) mass is 398 g/mol. The molecular weight excluding hydrogens is 375 g/mol. The topological polar surface area (TPSA) is 58.1 Å². The van der Waals surface area contributed by atoms with E-state index in [1.807, 2.05) is 11.4 Å². The number of nitrogens with one attached hydrogen (secondary N) is 1. The van der Waals surface area contributed by atoms with Gasteiger partial charge in [-0.05, 0) is 43.5 Å². The molecule has 146 valence electrons. The normalized spacial score (nSPS) is 15.1. The molecule has 1 aliphatic heterocycles. The molecular formula is C21H23FN4OS. The maximum atomic E-state index is 13.7. The summed E-state index contributed by atoms with van der Waals surface area (Å²) < 4.78 is 13.7. The van der Waals surface area contributed by atoms with Crippen molar-refractivity contribution >= 4 is 33.8 Å². The van der Waals surface area contributed by atoms with Crippen molar-refractivity contribution < 1.29 is 9.18 Å². The van der Waals surface area contributed by atoms with Crippen LogP contribution in [-0.2, 0) is 17.8 Å². The lowest BCUT2D eigenvalue weighted by Crippen LogP contribution is -2.40. The van der Waals surface area contributed by atoms with Crippen LogP contribution < -0.4 is 10.2 Å². The highest BCUT2D eigenvalue weighted by Gasteiger charge is 2.26. The zero-order chi connectivity index (χ0) is 19.5. The lowest BCUT2D eigenvalue weighted by atomic mass is 9.95. The van der Waals surface area contributed by atoms with Crippen LogP contribution in [0.2, 0.25) is 0 Å². The van der Waals surface area contributed by atoms with Gasteiger partial charge in [0.2, 0.25) is 5.91 Å². The summed E-state index contributed by atoms with van der Waals surface area (Å²) in [6, 6.07) is 6.60. The van der Waals surface area contributed by atoms with E-state index in [0.29, 0.717) is 6.54 Å². The largest absolute Gasteiger partial charge is 0.371 e. The number of thiazole rings is 1. The average molecular weight is 399 g/mol. The number of aromatic nitrogens is 2. The van der Waals surface area contributed by atoms with Gasteiger partial charge in [0.05, 0.1) is 22.8 Å². The minimum Gasteiger partial charge on any atom is -0.371 e. The van der Waals surface area contributed by atoms with Gasteiger partial charge in [0, 0.05) is 41.7 Å². The van der Waals surface area contributed by atoms with Crippen LogP contribution in [0.5, 0.6) is 0 Å². The number of aryl methyl sites for hydroxylation is 1. The molecule has 0 atom stereocenters. The Bertz CT molecular complexity index is 981. The Morgan fingerprint density at radius 1 is 1.32 bits per heavy atom. The first-order valence-electron chi connectivity index (χ1n) is 9.64. The number of pyridine rings is 1. The van der Waals surface area contributed by atoms with Crippen molar-refractivity contribution in [2.24, 2.45) is 5.92 Å². The number of carbonyl (C=O) groups is 1. The van der Waals surface area contributed by atoms with E-state index in [0.717, 1.165) is 59.6 Å². The third kappa shape index (κ3) is 3.99. The molecule has 28 heavy (non-hydrogen) atoms. The number of halogens is 1. The number of piperidine rings is 1. The summed E-state index contributed by atoms with van der Waals surface area (Å²) in [4.78, 5) is 23.6. The fourth-order valence-corrected chi connectivity index (χ4v) is 4.42. The van der Waals surface area contributed by atoms with Crippen LogP contribution in [0, 0.1) is 11.7 Å². The van der Waals surface area contributed by atoms with Gasteiger partial charge in [0.15, 0.2) is 0 Å². The van der Waals surface area contributed by atoms with E-state index in [9.17, 15) is 9.18 Å². The Balaban J connectivity index is 1.37. The number of anilines is 1. The maximum absolute atomic E-state index is 13.7. The first-order chi connectivity index (χ1) is 13.6. The number of fused-ring (bicyclic) bond motifs is 1. The first kappa shape index (κ1) is 18.8. The van der Waals surface area contributed by atoms with Gasteiger partial charge in [-0.2, -0.15) is 0 Å². The minimum atomic E-state index is -0.260. The Hall–Kier alpha value is -2.54. The van der Waals surface area contributed by atoms with Gasteiger partial charge in [-0.15, -0.1) is 11.3 Å². The van der Waals surface area contributed by atoms with Gasteiger partial charge < -0.3 is 10.2 Å². The summed E-state index contributed by atoms with van der Waals surface area (Å²) in [7, 11) is 0. The molecule has 0 saturated carbocycles. The lowest BCUT2D eigenvalue weighted by Gasteiger charge is -2.33. The fraction of sp³-hybridized carbons (Fsp3) is 0.381. The minimum absolute atomic E-state index is 0.00497. The van der Waals surface area contributed by atoms with Gasteiger partial charge in [-0.3, -0.25) is 9.78 Å². The second-order valence-corrected chi connectivity index (χ2v) is 8.00. The van der Waals surface area contributed by atoms with E-state index in [1.54, 1.807) is 23.6 Å². The molecule has 0 aliphatic carbocycles. The molecule has 3 aromatic rings. The van der Waals surface area contributed by atoms with E-state index < -0.39 is 0 Å². The number of nitrogens with zero attached hydrogens (tertiary/aromatic N) is 3. The molecule has 1 aromatic carbocycles. The number of benzene rings is 1. The summed E-state index contributed by atoms with van der Waals surface area (Å²) in [6.45, 7) is 4.11. The molecule has 1 N–H and O–H groups in total. The number of carbonyl (C=O) groups excluding carboxylic acids is 1. The number of amides is 1. The van der Waals surface area contributed by atoms with Crippen molar-refractivity contribution in [3.05, 3.63) is 52.4 Å². The van der Waals surface area contributed by atoms with Crippen molar-refractivity contribution in [1.29, 1.82) is 0 Å². The summed E-state index contributed by atoms with van der Waals surface area (Å²) in [6.07, 6.45) is 4.24. The molecule has 1 aliphatic rings. The van der Waals surface area contributed by atoms with E-state index in [4.69, 9.17) is 0 Å². The van der Waals surface area contributed by atoms with E-state index in [2.05, 4.69) is 27.1 Å². The summed E-state index contributed by atoms with van der Waals surface area (Å²) in [5.74, 6) is -0.161. The standard InChI is InChI=1S/C21H23FN4OS/c1-2-20-25-16(13-28-20)12-24-21(27)14-6-9-26(10-7-14)19-5-8-23-18-4-3-15(22)11-17(18)19/h3-5,8,11,13-14H,2,6-7,9-10,12H2,1H3,(H,24,27). The highest BCUT2D eigenvalue weighted by molar-refractivity contribution is 7.09. The van der Waals surface area contributed by atoms with Crippen LogP contribution in [0.4, 0.5) is 10.1 Å². The van der Waals surface area contributed by atoms with Gasteiger partial charge in [-0.25, -0.2) is 9.37 Å². The molecule has 0 bridgehead atoms. The Labute approximate surface area is 167 Å². The SMILES string of the molecule is CCc1nc(CNC(=O)C2CCN(c3ccnc4ccc(F)cc34)CC2)cs1. The summed E-state index contributed by atoms with van der Waals surface area (Å²) in [5.41, 5.74) is 2.70. The zero-order valence-electron chi connectivity index (χ0n) is 15.8. The van der Waals surface area contributed by atoms with E-state index in [1.165, 1.54) is 12.1 Å². The molecule has 3 heterocycles. The smallest absolute Gasteiger partial charge is 0.223 e. The van der Waals surface area contributed by atoms with Gasteiger partial charge >= 0.3 is 0 Å². The van der Waals surface area contributed by atoms with Gasteiger partial charge in [0.25, 0.3) is 0 Å². The fourth-order valence-electron chi connectivity index (χ4n) is 3.68. The zero-order valence-corrected chi connectivity index (χ0v) is 16.6. The number of hydrogen-bond acceptors (Lipinski definition) is 5. The quantitative estimate of drug-likeness (QED) is 0.708. The molecule has 0 spiro atoms. The van der Waals surface area contributed by atoms with Crippen LogP contribution in [-0.4, -0.2) is 29.0 Å². The van der Waals surface area contributed by atoms with Crippen molar-refractivity contribution in [1.82, 2.24) is 15.3 Å². The molecule has 5 nitrogen and oxygen atoms in total. The van der Waals surface area contributed by atoms with Crippen LogP contribution >= 0.6 is 11.3 Å². The predicted octanol–water partition coefficient (Wildman–Crippen LogP) is 3.93. The molecule has 1 saturated heterocycles. The Morgan fingerprint density at radius 2 is 2.14 bits per heavy atom. The molecule has 4 rings (SSSR count). The predicted molar refractivity (Wildman–Crippen MR) is 110 cm³/mol. The van der Waals surface area contributed by atoms with Crippen molar-refractivity contribution in [3.8, 4) is 0 Å². The van der Waals surface area contributed by atoms with Crippen molar-refractivity contribution in [3.63, 3.8) is 0 Å². The molecule has 0 unspecified atom stereocenters. The number of rotatable bonds is 5. The highest BCUT2D eigenvalue weighted by Crippen LogP contribution is 2.30.